The fourth-order valence-electron chi connectivity index (χ4n) is 3.71. The van der Waals surface area contributed by atoms with Gasteiger partial charge in [0.1, 0.15) is 17.3 Å². The van der Waals surface area contributed by atoms with Gasteiger partial charge < -0.3 is 8.97 Å². The number of nitrogens with zero attached hydrogens (tertiary/aromatic N) is 5. The minimum absolute atomic E-state index is 0.640. The number of hydrogen-bond donors (Lipinski definition) is 0. The highest BCUT2D eigenvalue weighted by molar-refractivity contribution is 5.39. The highest BCUT2D eigenvalue weighted by atomic mass is 15.3. The van der Waals surface area contributed by atoms with Crippen LogP contribution in [0.15, 0.2) is 30.6 Å². The second kappa shape index (κ2) is 4.41. The Morgan fingerprint density at radius 2 is 2.05 bits per heavy atom. The van der Waals surface area contributed by atoms with E-state index in [2.05, 4.69) is 30.3 Å². The topological polar surface area (TPSA) is 48.0 Å². The molecule has 0 radical (unpaired) electrons. The molecule has 3 aromatic heterocycles. The lowest BCUT2D eigenvalue weighted by Gasteiger charge is -2.10. The summed E-state index contributed by atoms with van der Waals surface area (Å²) in [6.07, 6.45) is 11.4. The molecule has 2 aliphatic rings. The van der Waals surface area contributed by atoms with Crippen LogP contribution in [0, 0.1) is 5.41 Å². The fourth-order valence-corrected chi connectivity index (χ4v) is 3.71. The SMILES string of the molecule is c1ccn2cc(Cc3nnc4n3CCC3(CC4)CC3)nc2c1. The van der Waals surface area contributed by atoms with E-state index in [0.29, 0.717) is 5.41 Å². The van der Waals surface area contributed by atoms with Crippen molar-refractivity contribution in [1.29, 1.82) is 0 Å². The van der Waals surface area contributed by atoms with E-state index < -0.39 is 0 Å². The van der Waals surface area contributed by atoms with Gasteiger partial charge in [0, 0.05) is 25.4 Å². The number of aryl methyl sites for hydroxylation is 1. The van der Waals surface area contributed by atoms with Crippen LogP contribution in [0.5, 0.6) is 0 Å². The molecule has 5 rings (SSSR count). The summed E-state index contributed by atoms with van der Waals surface area (Å²) >= 11 is 0. The molecule has 1 fully saturated rings. The van der Waals surface area contributed by atoms with Crippen molar-refractivity contribution in [2.24, 2.45) is 5.41 Å². The molecule has 112 valence electrons. The van der Waals surface area contributed by atoms with E-state index in [0.717, 1.165) is 36.6 Å². The van der Waals surface area contributed by atoms with E-state index in [4.69, 9.17) is 0 Å². The van der Waals surface area contributed by atoms with Crippen molar-refractivity contribution in [3.05, 3.63) is 47.9 Å². The lowest BCUT2D eigenvalue weighted by atomic mass is 9.97. The summed E-state index contributed by atoms with van der Waals surface area (Å²) in [7, 11) is 0. The average Bonchev–Trinajstić information content (AvgIpc) is 3.09. The van der Waals surface area contributed by atoms with Crippen molar-refractivity contribution in [2.75, 3.05) is 0 Å². The third-order valence-corrected chi connectivity index (χ3v) is 5.36. The van der Waals surface area contributed by atoms with Gasteiger partial charge in [-0.2, -0.15) is 0 Å². The van der Waals surface area contributed by atoms with Crippen molar-refractivity contribution in [3.8, 4) is 0 Å². The van der Waals surface area contributed by atoms with Gasteiger partial charge in [-0.05, 0) is 43.2 Å². The lowest BCUT2D eigenvalue weighted by molar-refractivity contribution is 0.422. The van der Waals surface area contributed by atoms with E-state index in [1.165, 1.54) is 31.5 Å². The first-order chi connectivity index (χ1) is 10.8. The van der Waals surface area contributed by atoms with Crippen LogP contribution in [0.2, 0.25) is 0 Å². The molecule has 0 N–H and O–H groups in total. The number of imidazole rings is 1. The Labute approximate surface area is 129 Å². The van der Waals surface area contributed by atoms with E-state index in [9.17, 15) is 0 Å². The summed E-state index contributed by atoms with van der Waals surface area (Å²) in [5.74, 6) is 2.23. The third-order valence-electron chi connectivity index (χ3n) is 5.36. The van der Waals surface area contributed by atoms with E-state index in [-0.39, 0.29) is 0 Å². The second-order valence-corrected chi connectivity index (χ2v) is 6.81. The molecule has 1 aliphatic heterocycles. The van der Waals surface area contributed by atoms with Gasteiger partial charge in [0.25, 0.3) is 0 Å². The van der Waals surface area contributed by atoms with Gasteiger partial charge in [0.15, 0.2) is 0 Å². The molecule has 1 spiro atoms. The van der Waals surface area contributed by atoms with Crippen LogP contribution < -0.4 is 0 Å². The molecule has 5 nitrogen and oxygen atoms in total. The van der Waals surface area contributed by atoms with Crippen LogP contribution in [0.1, 0.15) is 43.0 Å². The summed E-state index contributed by atoms with van der Waals surface area (Å²) < 4.78 is 4.41. The molecule has 0 atom stereocenters. The molecule has 0 aromatic carbocycles. The largest absolute Gasteiger partial charge is 0.315 e. The molecule has 1 saturated carbocycles. The summed E-state index contributed by atoms with van der Waals surface area (Å²) in [4.78, 5) is 4.68. The Kier molecular flexibility index (Phi) is 2.48. The quantitative estimate of drug-likeness (QED) is 0.730. The maximum absolute atomic E-state index is 4.68. The number of aromatic nitrogens is 5. The van der Waals surface area contributed by atoms with Crippen LogP contribution in [0.25, 0.3) is 5.65 Å². The summed E-state index contributed by atoms with van der Waals surface area (Å²) in [6, 6.07) is 6.08. The highest BCUT2D eigenvalue weighted by Crippen LogP contribution is 2.53. The minimum Gasteiger partial charge on any atom is -0.315 e. The number of fused-ring (bicyclic) bond motifs is 2. The zero-order chi connectivity index (χ0) is 14.6. The first-order valence-electron chi connectivity index (χ1n) is 8.15. The maximum Gasteiger partial charge on any atom is 0.139 e. The molecule has 3 aromatic rings. The normalized spacial score (nSPS) is 19.3. The third kappa shape index (κ3) is 1.95. The van der Waals surface area contributed by atoms with Crippen molar-refractivity contribution < 1.29 is 0 Å². The number of rotatable bonds is 2. The molecule has 0 amide bonds. The predicted molar refractivity (Wildman–Crippen MR) is 82.6 cm³/mol. The number of hydrogen-bond acceptors (Lipinski definition) is 3. The van der Waals surface area contributed by atoms with Crippen molar-refractivity contribution in [3.63, 3.8) is 0 Å². The summed E-state index contributed by atoms with van der Waals surface area (Å²) in [6.45, 7) is 1.07. The van der Waals surface area contributed by atoms with Crippen LogP contribution >= 0.6 is 0 Å². The van der Waals surface area contributed by atoms with Crippen LogP contribution in [0.4, 0.5) is 0 Å². The highest BCUT2D eigenvalue weighted by Gasteiger charge is 2.43. The molecule has 0 bridgehead atoms. The van der Waals surface area contributed by atoms with Gasteiger partial charge in [-0.3, -0.25) is 0 Å². The van der Waals surface area contributed by atoms with Gasteiger partial charge >= 0.3 is 0 Å². The van der Waals surface area contributed by atoms with Crippen LogP contribution in [0.3, 0.4) is 0 Å². The Balaban J connectivity index is 1.45. The van der Waals surface area contributed by atoms with Crippen LogP contribution in [-0.2, 0) is 19.4 Å². The van der Waals surface area contributed by atoms with E-state index in [1.54, 1.807) is 0 Å². The Morgan fingerprint density at radius 3 is 2.91 bits per heavy atom. The standard InChI is InChI=1S/C17H19N5/c1-2-9-21-12-13(18-14(21)3-1)11-16-20-19-15-4-5-17(6-7-17)8-10-22(15)16/h1-3,9,12H,4-8,10-11H2. The molecule has 22 heavy (non-hydrogen) atoms. The fraction of sp³-hybridized carbons (Fsp3) is 0.471. The average molecular weight is 293 g/mol. The minimum atomic E-state index is 0.640. The predicted octanol–water partition coefficient (Wildman–Crippen LogP) is 2.63. The maximum atomic E-state index is 4.68. The first kappa shape index (κ1) is 12.4. The van der Waals surface area contributed by atoms with Gasteiger partial charge in [0.2, 0.25) is 0 Å². The molecule has 4 heterocycles. The molecule has 1 aliphatic carbocycles. The monoisotopic (exact) mass is 293 g/mol. The van der Waals surface area contributed by atoms with Crippen molar-refractivity contribution >= 4 is 5.65 Å². The van der Waals surface area contributed by atoms with Gasteiger partial charge in [-0.25, -0.2) is 4.98 Å². The first-order valence-corrected chi connectivity index (χ1v) is 8.15. The summed E-state index contributed by atoms with van der Waals surface area (Å²) in [5.41, 5.74) is 2.69. The van der Waals surface area contributed by atoms with Crippen molar-refractivity contribution in [2.45, 2.75) is 45.1 Å². The molecule has 5 heteroatoms. The second-order valence-electron chi connectivity index (χ2n) is 6.81. The lowest BCUT2D eigenvalue weighted by Crippen LogP contribution is -2.08. The van der Waals surface area contributed by atoms with Crippen molar-refractivity contribution in [1.82, 2.24) is 24.1 Å². The van der Waals surface area contributed by atoms with Gasteiger partial charge in [-0.15, -0.1) is 10.2 Å². The van der Waals surface area contributed by atoms with Crippen LogP contribution in [-0.4, -0.2) is 24.1 Å². The molecule has 0 unspecified atom stereocenters. The zero-order valence-electron chi connectivity index (χ0n) is 12.6. The Morgan fingerprint density at radius 1 is 1.09 bits per heavy atom. The number of pyridine rings is 1. The Hall–Kier alpha value is -2.17. The van der Waals surface area contributed by atoms with E-state index >= 15 is 0 Å². The Bertz CT molecular complexity index is 807. The molecular weight excluding hydrogens is 274 g/mol. The smallest absolute Gasteiger partial charge is 0.139 e. The van der Waals surface area contributed by atoms with E-state index in [1.807, 2.05) is 24.4 Å². The summed E-state index contributed by atoms with van der Waals surface area (Å²) in [5, 5.41) is 8.88. The molecular formula is C17H19N5. The van der Waals surface area contributed by atoms with Gasteiger partial charge in [0.05, 0.1) is 12.1 Å². The van der Waals surface area contributed by atoms with Gasteiger partial charge in [-0.1, -0.05) is 6.07 Å². The molecule has 0 saturated heterocycles. The zero-order valence-corrected chi connectivity index (χ0v) is 12.6.